The van der Waals surface area contributed by atoms with E-state index in [1.165, 1.54) is 0 Å². The monoisotopic (exact) mass is 261 g/mol. The molecule has 1 aromatic heterocycles. The lowest BCUT2D eigenvalue weighted by Gasteiger charge is -2.11. The molecule has 18 heavy (non-hydrogen) atoms. The van der Waals surface area contributed by atoms with Gasteiger partial charge in [0, 0.05) is 17.6 Å². The van der Waals surface area contributed by atoms with Gasteiger partial charge in [-0.3, -0.25) is 0 Å². The molecule has 2 aromatic rings. The van der Waals surface area contributed by atoms with Gasteiger partial charge in [0.15, 0.2) is 5.82 Å². The normalized spacial score (nSPS) is 10.5. The Labute approximate surface area is 112 Å². The molecule has 4 heteroatoms. The summed E-state index contributed by atoms with van der Waals surface area (Å²) in [5, 5.41) is 12.3. The Morgan fingerprint density at radius 2 is 1.78 bits per heavy atom. The predicted octanol–water partition coefficient (Wildman–Crippen LogP) is 3.76. The highest BCUT2D eigenvalue weighted by Crippen LogP contribution is 2.28. The first kappa shape index (κ1) is 12.8. The lowest BCUT2D eigenvalue weighted by molar-refractivity contribution is 1.00. The molecule has 94 valence electrons. The zero-order valence-electron chi connectivity index (χ0n) is 11.0. The van der Waals surface area contributed by atoms with E-state index < -0.39 is 0 Å². The minimum atomic E-state index is 0.754. The molecule has 0 amide bonds. The fourth-order valence-electron chi connectivity index (χ4n) is 1.86. The van der Waals surface area contributed by atoms with Crippen molar-refractivity contribution in [3.05, 3.63) is 39.9 Å². The highest BCUT2D eigenvalue weighted by atomic mass is 35.5. The summed E-state index contributed by atoms with van der Waals surface area (Å²) in [7, 11) is 1.85. The number of anilines is 1. The SMILES string of the molecule is CNc1nnc(-c2ccc(C)c(Cl)c2)c(C)c1C. The molecule has 1 aromatic carbocycles. The molecule has 1 N–H and O–H groups in total. The van der Waals surface area contributed by atoms with E-state index >= 15 is 0 Å². The molecule has 0 bridgehead atoms. The number of nitrogens with one attached hydrogen (secondary N) is 1. The summed E-state index contributed by atoms with van der Waals surface area (Å²) in [6.45, 7) is 6.07. The second-order valence-corrected chi connectivity index (χ2v) is 4.77. The van der Waals surface area contributed by atoms with Crippen LogP contribution in [0.5, 0.6) is 0 Å². The third-order valence-corrected chi connectivity index (χ3v) is 3.61. The molecule has 0 atom stereocenters. The van der Waals surface area contributed by atoms with Crippen molar-refractivity contribution in [1.29, 1.82) is 0 Å². The standard InChI is InChI=1S/C14H16ClN3/c1-8-5-6-11(7-12(8)15)13-9(2)10(3)14(16-4)18-17-13/h5-7H,1-4H3,(H,16,18). The van der Waals surface area contributed by atoms with Crippen LogP contribution in [0.15, 0.2) is 18.2 Å². The number of rotatable bonds is 2. The van der Waals surface area contributed by atoms with Crippen LogP contribution in [0.3, 0.4) is 0 Å². The van der Waals surface area contributed by atoms with Crippen LogP contribution in [-0.4, -0.2) is 17.2 Å². The van der Waals surface area contributed by atoms with Gasteiger partial charge in [-0.2, -0.15) is 0 Å². The Kier molecular flexibility index (Phi) is 3.53. The zero-order valence-corrected chi connectivity index (χ0v) is 11.8. The van der Waals surface area contributed by atoms with Crippen molar-refractivity contribution in [2.24, 2.45) is 0 Å². The second-order valence-electron chi connectivity index (χ2n) is 4.36. The quantitative estimate of drug-likeness (QED) is 0.894. The number of hydrogen-bond acceptors (Lipinski definition) is 3. The number of halogens is 1. The van der Waals surface area contributed by atoms with Crippen LogP contribution in [0.25, 0.3) is 11.3 Å². The lowest BCUT2D eigenvalue weighted by Crippen LogP contribution is -2.02. The van der Waals surface area contributed by atoms with Crippen LogP contribution >= 0.6 is 11.6 Å². The number of nitrogens with zero attached hydrogens (tertiary/aromatic N) is 2. The number of aromatic nitrogens is 2. The largest absolute Gasteiger partial charge is 0.371 e. The average Bonchev–Trinajstić information content (AvgIpc) is 2.36. The van der Waals surface area contributed by atoms with Crippen molar-refractivity contribution < 1.29 is 0 Å². The van der Waals surface area contributed by atoms with E-state index in [-0.39, 0.29) is 0 Å². The van der Waals surface area contributed by atoms with Crippen molar-refractivity contribution in [1.82, 2.24) is 10.2 Å². The van der Waals surface area contributed by atoms with E-state index in [1.807, 2.05) is 46.0 Å². The van der Waals surface area contributed by atoms with Crippen LogP contribution in [0.4, 0.5) is 5.82 Å². The summed E-state index contributed by atoms with van der Waals surface area (Å²) in [6, 6.07) is 5.96. The molecule has 0 saturated heterocycles. The Bertz CT molecular complexity index is 594. The molecule has 0 spiro atoms. The molecule has 0 saturated carbocycles. The molecular formula is C14H16ClN3. The van der Waals surface area contributed by atoms with E-state index in [0.29, 0.717) is 0 Å². The first-order chi connectivity index (χ1) is 8.54. The van der Waals surface area contributed by atoms with Gasteiger partial charge in [-0.15, -0.1) is 10.2 Å². The smallest absolute Gasteiger partial charge is 0.151 e. The van der Waals surface area contributed by atoms with Crippen LogP contribution in [0.2, 0.25) is 5.02 Å². The maximum atomic E-state index is 6.15. The van der Waals surface area contributed by atoms with Gasteiger partial charge in [-0.05, 0) is 43.5 Å². The van der Waals surface area contributed by atoms with Crippen LogP contribution in [-0.2, 0) is 0 Å². The average molecular weight is 262 g/mol. The number of benzene rings is 1. The van der Waals surface area contributed by atoms with Gasteiger partial charge in [0.25, 0.3) is 0 Å². The van der Waals surface area contributed by atoms with Gasteiger partial charge in [0.05, 0.1) is 5.69 Å². The number of aryl methyl sites for hydroxylation is 1. The van der Waals surface area contributed by atoms with Crippen molar-refractivity contribution in [3.8, 4) is 11.3 Å². The Hall–Kier alpha value is -1.61. The fourth-order valence-corrected chi connectivity index (χ4v) is 2.04. The summed E-state index contributed by atoms with van der Waals surface area (Å²) in [5.74, 6) is 0.814. The molecule has 0 unspecified atom stereocenters. The first-order valence-corrected chi connectivity index (χ1v) is 6.20. The van der Waals surface area contributed by atoms with E-state index in [4.69, 9.17) is 11.6 Å². The van der Waals surface area contributed by atoms with Gasteiger partial charge in [0.1, 0.15) is 0 Å². The summed E-state index contributed by atoms with van der Waals surface area (Å²) in [5.41, 5.74) is 5.18. The maximum absolute atomic E-state index is 6.15. The summed E-state index contributed by atoms with van der Waals surface area (Å²) in [4.78, 5) is 0. The highest BCUT2D eigenvalue weighted by molar-refractivity contribution is 6.31. The van der Waals surface area contributed by atoms with Gasteiger partial charge >= 0.3 is 0 Å². The molecule has 2 rings (SSSR count). The predicted molar refractivity (Wildman–Crippen MR) is 76.2 cm³/mol. The summed E-state index contributed by atoms with van der Waals surface area (Å²) in [6.07, 6.45) is 0. The molecule has 0 radical (unpaired) electrons. The van der Waals surface area contributed by atoms with E-state index in [2.05, 4.69) is 15.5 Å². The number of hydrogen-bond donors (Lipinski definition) is 1. The molecule has 1 heterocycles. The van der Waals surface area contributed by atoms with Crippen LogP contribution < -0.4 is 5.32 Å². The second kappa shape index (κ2) is 4.94. The fraction of sp³-hybridized carbons (Fsp3) is 0.286. The third-order valence-electron chi connectivity index (χ3n) is 3.20. The van der Waals surface area contributed by atoms with Crippen molar-refractivity contribution in [2.75, 3.05) is 12.4 Å². The molecule has 3 nitrogen and oxygen atoms in total. The maximum Gasteiger partial charge on any atom is 0.151 e. The van der Waals surface area contributed by atoms with Crippen LogP contribution in [0, 0.1) is 20.8 Å². The van der Waals surface area contributed by atoms with Crippen molar-refractivity contribution >= 4 is 17.4 Å². The molecule has 0 aliphatic rings. The molecular weight excluding hydrogens is 246 g/mol. The van der Waals surface area contributed by atoms with Crippen molar-refractivity contribution in [3.63, 3.8) is 0 Å². The Morgan fingerprint density at radius 1 is 1.06 bits per heavy atom. The lowest BCUT2D eigenvalue weighted by atomic mass is 10.0. The first-order valence-electron chi connectivity index (χ1n) is 5.82. The topological polar surface area (TPSA) is 37.8 Å². The van der Waals surface area contributed by atoms with E-state index in [9.17, 15) is 0 Å². The van der Waals surface area contributed by atoms with Crippen LogP contribution in [0.1, 0.15) is 16.7 Å². The molecule has 0 aliphatic carbocycles. The Morgan fingerprint density at radius 3 is 2.39 bits per heavy atom. The highest BCUT2D eigenvalue weighted by Gasteiger charge is 2.11. The molecule has 0 fully saturated rings. The van der Waals surface area contributed by atoms with Gasteiger partial charge in [-0.1, -0.05) is 23.7 Å². The minimum absolute atomic E-state index is 0.754. The Balaban J connectivity index is 2.57. The van der Waals surface area contributed by atoms with E-state index in [1.54, 1.807) is 0 Å². The summed E-state index contributed by atoms with van der Waals surface area (Å²) >= 11 is 6.15. The zero-order chi connectivity index (χ0) is 13.3. The molecule has 0 aliphatic heterocycles. The third kappa shape index (κ3) is 2.18. The summed E-state index contributed by atoms with van der Waals surface area (Å²) < 4.78 is 0. The van der Waals surface area contributed by atoms with E-state index in [0.717, 1.165) is 38.8 Å². The van der Waals surface area contributed by atoms with Gasteiger partial charge in [-0.25, -0.2) is 0 Å². The minimum Gasteiger partial charge on any atom is -0.371 e. The van der Waals surface area contributed by atoms with Gasteiger partial charge < -0.3 is 5.32 Å². The van der Waals surface area contributed by atoms with Gasteiger partial charge in [0.2, 0.25) is 0 Å². The van der Waals surface area contributed by atoms with Crippen molar-refractivity contribution in [2.45, 2.75) is 20.8 Å².